The molecule has 0 spiro atoms. The molecule has 1 N–H and O–H groups in total. The minimum Gasteiger partial charge on any atom is -0.507 e. The van der Waals surface area contributed by atoms with Gasteiger partial charge in [-0.05, 0) is 48.9 Å². The van der Waals surface area contributed by atoms with E-state index in [1.54, 1.807) is 29.2 Å². The van der Waals surface area contributed by atoms with Crippen LogP contribution in [0, 0.1) is 6.92 Å². The quantitative estimate of drug-likeness (QED) is 0.460. The van der Waals surface area contributed by atoms with E-state index in [4.69, 9.17) is 9.47 Å². The van der Waals surface area contributed by atoms with Crippen LogP contribution < -0.4 is 4.74 Å². The average molecular weight is 413 g/mol. The SMILES string of the molecule is COc1cccc(/C(O)=C2/C(=O)C(=O)N(CC3CCCO3)C2c2sccc2C)c1. The Kier molecular flexibility index (Phi) is 5.43. The van der Waals surface area contributed by atoms with Gasteiger partial charge in [0.25, 0.3) is 11.7 Å². The molecule has 2 aliphatic heterocycles. The summed E-state index contributed by atoms with van der Waals surface area (Å²) < 4.78 is 10.9. The van der Waals surface area contributed by atoms with Gasteiger partial charge < -0.3 is 19.5 Å². The van der Waals surface area contributed by atoms with Crippen LogP contribution in [0.25, 0.3) is 5.76 Å². The summed E-state index contributed by atoms with van der Waals surface area (Å²) in [5.41, 5.74) is 1.54. The number of nitrogens with zero attached hydrogens (tertiary/aromatic N) is 1. The molecule has 1 aromatic heterocycles. The second-order valence-electron chi connectivity index (χ2n) is 7.29. The number of amides is 1. The molecule has 2 atom stereocenters. The van der Waals surface area contributed by atoms with E-state index in [0.29, 0.717) is 24.5 Å². The third-order valence-corrected chi connectivity index (χ3v) is 6.53. The topological polar surface area (TPSA) is 76.1 Å². The van der Waals surface area contributed by atoms with Crippen molar-refractivity contribution in [2.24, 2.45) is 0 Å². The number of aliphatic hydroxyl groups is 1. The fraction of sp³-hybridized carbons (Fsp3) is 0.364. The van der Waals surface area contributed by atoms with E-state index in [0.717, 1.165) is 23.3 Å². The number of aryl methyl sites for hydroxylation is 1. The van der Waals surface area contributed by atoms with Crippen molar-refractivity contribution in [3.63, 3.8) is 0 Å². The number of Topliss-reactive ketones (excluding diaryl/α,β-unsaturated/α-hetero) is 1. The summed E-state index contributed by atoms with van der Waals surface area (Å²) in [6.07, 6.45) is 1.71. The van der Waals surface area contributed by atoms with E-state index in [9.17, 15) is 14.7 Å². The lowest BCUT2D eigenvalue weighted by molar-refractivity contribution is -0.140. The van der Waals surface area contributed by atoms with Crippen LogP contribution >= 0.6 is 11.3 Å². The Hall–Kier alpha value is -2.64. The number of methoxy groups -OCH3 is 1. The molecule has 3 heterocycles. The summed E-state index contributed by atoms with van der Waals surface area (Å²) in [7, 11) is 1.54. The number of hydrogen-bond donors (Lipinski definition) is 1. The fourth-order valence-electron chi connectivity index (χ4n) is 3.94. The van der Waals surface area contributed by atoms with Gasteiger partial charge in [-0.15, -0.1) is 11.3 Å². The standard InChI is InChI=1S/C22H23NO5S/c1-13-8-10-29-21(13)18-17(19(24)14-5-3-6-15(11-14)27-2)20(25)22(26)23(18)12-16-7-4-9-28-16/h3,5-6,8,10-11,16,18,24H,4,7,9,12H2,1-2H3/b19-17-. The first-order valence-corrected chi connectivity index (χ1v) is 10.5. The lowest BCUT2D eigenvalue weighted by Gasteiger charge is -2.27. The molecule has 6 nitrogen and oxygen atoms in total. The van der Waals surface area contributed by atoms with Crippen LogP contribution in [0.15, 0.2) is 41.3 Å². The summed E-state index contributed by atoms with van der Waals surface area (Å²) in [4.78, 5) is 28.4. The first kappa shape index (κ1) is 19.7. The van der Waals surface area contributed by atoms with Gasteiger partial charge in [-0.2, -0.15) is 0 Å². The highest BCUT2D eigenvalue weighted by Gasteiger charge is 2.47. The summed E-state index contributed by atoms with van der Waals surface area (Å²) >= 11 is 1.48. The number of ketones is 1. The van der Waals surface area contributed by atoms with Crippen molar-refractivity contribution in [3.8, 4) is 5.75 Å². The monoisotopic (exact) mass is 413 g/mol. The molecular weight excluding hydrogens is 390 g/mol. The van der Waals surface area contributed by atoms with Crippen LogP contribution in [0.4, 0.5) is 0 Å². The van der Waals surface area contributed by atoms with Gasteiger partial charge >= 0.3 is 0 Å². The van der Waals surface area contributed by atoms with Gasteiger partial charge in [-0.3, -0.25) is 9.59 Å². The Labute approximate surface area is 173 Å². The molecule has 2 unspecified atom stereocenters. The molecule has 0 saturated carbocycles. The number of thiophene rings is 1. The van der Waals surface area contributed by atoms with E-state index in [1.807, 2.05) is 18.4 Å². The van der Waals surface area contributed by atoms with E-state index in [2.05, 4.69) is 0 Å². The van der Waals surface area contributed by atoms with E-state index < -0.39 is 17.7 Å². The summed E-state index contributed by atoms with van der Waals surface area (Å²) in [6, 6.07) is 8.18. The van der Waals surface area contributed by atoms with Gasteiger partial charge in [0.15, 0.2) is 0 Å². The molecule has 0 aliphatic carbocycles. The van der Waals surface area contributed by atoms with Crippen molar-refractivity contribution in [3.05, 3.63) is 57.3 Å². The Balaban J connectivity index is 1.82. The predicted octanol–water partition coefficient (Wildman–Crippen LogP) is 3.67. The number of hydrogen-bond acceptors (Lipinski definition) is 6. The minimum absolute atomic E-state index is 0.0900. The number of carbonyl (C=O) groups excluding carboxylic acids is 2. The lowest BCUT2D eigenvalue weighted by atomic mass is 9.98. The van der Waals surface area contributed by atoms with Gasteiger partial charge in [0.05, 0.1) is 24.8 Å². The van der Waals surface area contributed by atoms with Crippen molar-refractivity contribution in [1.82, 2.24) is 4.90 Å². The number of carbonyl (C=O) groups is 2. The second kappa shape index (κ2) is 8.00. The van der Waals surface area contributed by atoms with Crippen molar-refractivity contribution in [1.29, 1.82) is 0 Å². The Morgan fingerprint density at radius 2 is 2.17 bits per heavy atom. The third-order valence-electron chi connectivity index (χ3n) is 5.46. The van der Waals surface area contributed by atoms with Crippen LogP contribution in [0.1, 0.15) is 34.9 Å². The molecule has 2 saturated heterocycles. The van der Waals surface area contributed by atoms with E-state index in [1.165, 1.54) is 18.4 Å². The van der Waals surface area contributed by atoms with Gasteiger partial charge in [-0.25, -0.2) is 0 Å². The molecule has 4 rings (SSSR count). The molecule has 0 radical (unpaired) electrons. The number of ether oxygens (including phenoxy) is 2. The van der Waals surface area contributed by atoms with Crippen molar-refractivity contribution < 1.29 is 24.2 Å². The van der Waals surface area contributed by atoms with Crippen molar-refractivity contribution in [2.45, 2.75) is 31.9 Å². The zero-order chi connectivity index (χ0) is 20.5. The molecule has 2 fully saturated rings. The van der Waals surface area contributed by atoms with Crippen LogP contribution in [0.3, 0.4) is 0 Å². The minimum atomic E-state index is -0.666. The molecular formula is C22H23NO5S. The highest BCUT2D eigenvalue weighted by molar-refractivity contribution is 7.10. The molecule has 0 bridgehead atoms. The molecule has 29 heavy (non-hydrogen) atoms. The predicted molar refractivity (Wildman–Crippen MR) is 110 cm³/mol. The molecule has 7 heteroatoms. The van der Waals surface area contributed by atoms with Crippen molar-refractivity contribution in [2.75, 3.05) is 20.3 Å². The number of aliphatic hydroxyl groups excluding tert-OH is 1. The average Bonchev–Trinajstić information content (AvgIpc) is 3.45. The summed E-state index contributed by atoms with van der Waals surface area (Å²) in [6.45, 7) is 2.95. The molecule has 2 aliphatic rings. The van der Waals surface area contributed by atoms with Gasteiger partial charge in [0.1, 0.15) is 11.5 Å². The zero-order valence-corrected chi connectivity index (χ0v) is 17.2. The highest BCUT2D eigenvalue weighted by atomic mass is 32.1. The molecule has 2 aromatic rings. The Morgan fingerprint density at radius 1 is 1.34 bits per heavy atom. The third kappa shape index (κ3) is 3.56. The number of rotatable bonds is 5. The summed E-state index contributed by atoms with van der Waals surface area (Å²) in [5.74, 6) is -0.884. The molecule has 1 aromatic carbocycles. The lowest BCUT2D eigenvalue weighted by Crippen LogP contribution is -2.36. The maximum atomic E-state index is 13.0. The first-order chi connectivity index (χ1) is 14.0. The second-order valence-corrected chi connectivity index (χ2v) is 8.23. The normalized spacial score (nSPS) is 23.7. The number of likely N-dealkylation sites (tertiary alicyclic amines) is 1. The van der Waals surface area contributed by atoms with E-state index in [-0.39, 0.29) is 17.4 Å². The largest absolute Gasteiger partial charge is 0.507 e. The Morgan fingerprint density at radius 3 is 2.83 bits per heavy atom. The summed E-state index contributed by atoms with van der Waals surface area (Å²) in [5, 5.41) is 13.0. The maximum Gasteiger partial charge on any atom is 0.295 e. The van der Waals surface area contributed by atoms with E-state index >= 15 is 0 Å². The fourth-order valence-corrected chi connectivity index (χ4v) is 4.99. The van der Waals surface area contributed by atoms with Crippen molar-refractivity contribution >= 4 is 28.8 Å². The maximum absolute atomic E-state index is 13.0. The highest BCUT2D eigenvalue weighted by Crippen LogP contribution is 2.43. The smallest absolute Gasteiger partial charge is 0.295 e. The molecule has 152 valence electrons. The van der Waals surface area contributed by atoms with Crippen LogP contribution in [0.5, 0.6) is 5.75 Å². The zero-order valence-electron chi connectivity index (χ0n) is 16.4. The number of benzene rings is 1. The van der Waals surface area contributed by atoms with Crippen LogP contribution in [0.2, 0.25) is 0 Å². The van der Waals surface area contributed by atoms with Gasteiger partial charge in [-0.1, -0.05) is 12.1 Å². The van der Waals surface area contributed by atoms with Gasteiger partial charge in [0.2, 0.25) is 0 Å². The van der Waals surface area contributed by atoms with Gasteiger partial charge in [0, 0.05) is 23.6 Å². The Bertz CT molecular complexity index is 973. The first-order valence-electron chi connectivity index (χ1n) is 9.59. The van der Waals surface area contributed by atoms with Crippen LogP contribution in [-0.2, 0) is 14.3 Å². The van der Waals surface area contributed by atoms with Crippen LogP contribution in [-0.4, -0.2) is 48.1 Å². The molecule has 1 amide bonds.